The number of hydrogen-bond donors (Lipinski definition) is 0. The Morgan fingerprint density at radius 3 is 2.81 bits per heavy atom. The lowest BCUT2D eigenvalue weighted by molar-refractivity contribution is -0.137. The van der Waals surface area contributed by atoms with Crippen molar-refractivity contribution in [3.05, 3.63) is 51.1 Å². The molecular formula is C22H22N4O4S2. The number of thioether (sulfide) groups is 1. The van der Waals surface area contributed by atoms with Crippen molar-refractivity contribution in [2.45, 2.75) is 38.1 Å². The van der Waals surface area contributed by atoms with Crippen LogP contribution in [0.25, 0.3) is 21.7 Å². The summed E-state index contributed by atoms with van der Waals surface area (Å²) in [6, 6.07) is 9.43. The van der Waals surface area contributed by atoms with Crippen LogP contribution < -0.4 is 5.56 Å². The maximum Gasteiger partial charge on any atom is 0.316 e. The molecule has 5 rings (SSSR count). The van der Waals surface area contributed by atoms with Crippen molar-refractivity contribution in [3.63, 3.8) is 0 Å². The van der Waals surface area contributed by atoms with Gasteiger partial charge < -0.3 is 9.47 Å². The predicted octanol–water partition coefficient (Wildman–Crippen LogP) is 3.46. The van der Waals surface area contributed by atoms with Crippen LogP contribution in [0.15, 0.2) is 40.3 Å². The first-order valence-corrected chi connectivity index (χ1v) is 12.1. The Morgan fingerprint density at radius 2 is 2.09 bits per heavy atom. The molecule has 1 unspecified atom stereocenters. The second-order valence-corrected chi connectivity index (χ2v) is 9.97. The molecule has 1 aliphatic rings. The zero-order chi connectivity index (χ0) is 22.4. The first-order valence-electron chi connectivity index (χ1n) is 10.3. The molecule has 10 heteroatoms. The van der Waals surface area contributed by atoms with E-state index in [0.29, 0.717) is 41.0 Å². The Kier molecular flexibility index (Phi) is 5.52. The standard InChI is InChI=1S/C22H22N4O4S2/c1-12(2)15-9-14-16(10-30-15)32-20-18(14)19(28)25(13-7-5-4-6-8-13)21-23-24-22(26(20)21)31-11-17(27)29-3/h4-8,12,15H,9-11H2,1-3H3. The van der Waals surface area contributed by atoms with Gasteiger partial charge in [0.25, 0.3) is 5.56 Å². The van der Waals surface area contributed by atoms with E-state index in [1.807, 2.05) is 34.7 Å². The van der Waals surface area contributed by atoms with E-state index in [-0.39, 0.29) is 23.4 Å². The number of rotatable bonds is 5. The molecule has 32 heavy (non-hydrogen) atoms. The first-order chi connectivity index (χ1) is 15.5. The molecule has 0 saturated carbocycles. The van der Waals surface area contributed by atoms with E-state index in [1.165, 1.54) is 30.2 Å². The van der Waals surface area contributed by atoms with E-state index in [2.05, 4.69) is 24.0 Å². The summed E-state index contributed by atoms with van der Waals surface area (Å²) in [5.74, 6) is 0.519. The zero-order valence-corrected chi connectivity index (χ0v) is 19.5. The Hall–Kier alpha value is -2.69. The molecule has 0 N–H and O–H groups in total. The van der Waals surface area contributed by atoms with Crippen molar-refractivity contribution < 1.29 is 14.3 Å². The van der Waals surface area contributed by atoms with Crippen LogP contribution in [0.2, 0.25) is 0 Å². The molecule has 1 aromatic carbocycles. The van der Waals surface area contributed by atoms with Gasteiger partial charge in [-0.3, -0.25) is 9.59 Å². The van der Waals surface area contributed by atoms with Gasteiger partial charge in [-0.15, -0.1) is 21.5 Å². The molecule has 0 radical (unpaired) electrons. The number of benzene rings is 1. The van der Waals surface area contributed by atoms with Crippen molar-refractivity contribution in [1.82, 2.24) is 19.2 Å². The molecule has 4 heterocycles. The SMILES string of the molecule is COC(=O)CSc1nnc2n(-c3ccccc3)c(=O)c3c4c(sc3n12)COC(C(C)C)C4. The third-order valence-corrected chi connectivity index (χ3v) is 7.74. The third-order valence-electron chi connectivity index (χ3n) is 5.65. The Balaban J connectivity index is 1.80. The fraction of sp³-hybridized carbons (Fsp3) is 0.364. The number of nitrogens with zero attached hydrogens (tertiary/aromatic N) is 4. The quantitative estimate of drug-likeness (QED) is 0.326. The minimum Gasteiger partial charge on any atom is -0.468 e. The van der Waals surface area contributed by atoms with Crippen LogP contribution in [0.5, 0.6) is 0 Å². The van der Waals surface area contributed by atoms with Gasteiger partial charge in [-0.05, 0) is 23.6 Å². The second kappa shape index (κ2) is 8.34. The van der Waals surface area contributed by atoms with Crippen molar-refractivity contribution in [2.24, 2.45) is 5.92 Å². The summed E-state index contributed by atoms with van der Waals surface area (Å²) in [6.07, 6.45) is 0.754. The molecule has 0 spiro atoms. The molecule has 0 aliphatic carbocycles. The van der Waals surface area contributed by atoms with Crippen LogP contribution in [-0.2, 0) is 27.3 Å². The summed E-state index contributed by atoms with van der Waals surface area (Å²) in [5, 5.41) is 9.87. The highest BCUT2D eigenvalue weighted by molar-refractivity contribution is 7.99. The molecule has 3 aromatic heterocycles. The van der Waals surface area contributed by atoms with Crippen molar-refractivity contribution in [1.29, 1.82) is 0 Å². The Labute approximate surface area is 192 Å². The molecule has 0 amide bonds. The molecule has 0 saturated heterocycles. The van der Waals surface area contributed by atoms with E-state index in [9.17, 15) is 9.59 Å². The van der Waals surface area contributed by atoms with Gasteiger partial charge in [0.05, 0.1) is 36.6 Å². The summed E-state index contributed by atoms with van der Waals surface area (Å²) < 4.78 is 14.3. The van der Waals surface area contributed by atoms with Gasteiger partial charge in [0.15, 0.2) is 5.16 Å². The highest BCUT2D eigenvalue weighted by atomic mass is 32.2. The largest absolute Gasteiger partial charge is 0.468 e. The van der Waals surface area contributed by atoms with E-state index in [1.54, 1.807) is 4.57 Å². The Bertz CT molecular complexity index is 1370. The predicted molar refractivity (Wildman–Crippen MR) is 124 cm³/mol. The van der Waals surface area contributed by atoms with Gasteiger partial charge >= 0.3 is 5.97 Å². The second-order valence-electron chi connectivity index (χ2n) is 7.94. The van der Waals surface area contributed by atoms with Gasteiger partial charge in [0.1, 0.15) is 4.83 Å². The zero-order valence-electron chi connectivity index (χ0n) is 17.9. The monoisotopic (exact) mass is 470 g/mol. The van der Waals surface area contributed by atoms with Crippen molar-refractivity contribution in [2.75, 3.05) is 12.9 Å². The number of thiophene rings is 1. The van der Waals surface area contributed by atoms with Gasteiger partial charge in [-0.25, -0.2) is 8.97 Å². The van der Waals surface area contributed by atoms with Crippen LogP contribution >= 0.6 is 23.1 Å². The van der Waals surface area contributed by atoms with Gasteiger partial charge in [-0.1, -0.05) is 43.8 Å². The first kappa shape index (κ1) is 21.2. The number of carbonyl (C=O) groups excluding carboxylic acids is 1. The van der Waals surface area contributed by atoms with Crippen LogP contribution in [0.4, 0.5) is 0 Å². The third kappa shape index (κ3) is 3.42. The number of ether oxygens (including phenoxy) is 2. The fourth-order valence-electron chi connectivity index (χ4n) is 3.95. The molecule has 1 aliphatic heterocycles. The maximum absolute atomic E-state index is 13.8. The summed E-state index contributed by atoms with van der Waals surface area (Å²) in [6.45, 7) is 4.74. The molecule has 4 aromatic rings. The number of fused-ring (bicyclic) bond motifs is 5. The smallest absolute Gasteiger partial charge is 0.316 e. The highest BCUT2D eigenvalue weighted by Gasteiger charge is 2.30. The summed E-state index contributed by atoms with van der Waals surface area (Å²) in [4.78, 5) is 27.4. The minimum atomic E-state index is -0.349. The number of aromatic nitrogens is 4. The van der Waals surface area contributed by atoms with Crippen molar-refractivity contribution in [3.8, 4) is 5.69 Å². The van der Waals surface area contributed by atoms with E-state index >= 15 is 0 Å². The molecule has 0 bridgehead atoms. The topological polar surface area (TPSA) is 87.7 Å². The van der Waals surface area contributed by atoms with Crippen LogP contribution in [0.1, 0.15) is 24.3 Å². The van der Waals surface area contributed by atoms with Crippen LogP contribution in [0, 0.1) is 5.92 Å². The molecule has 1 atom stereocenters. The van der Waals surface area contributed by atoms with Gasteiger partial charge in [0.2, 0.25) is 5.78 Å². The minimum absolute atomic E-state index is 0.0645. The number of esters is 1. The van der Waals surface area contributed by atoms with E-state index in [0.717, 1.165) is 15.3 Å². The molecule has 166 valence electrons. The number of carbonyl (C=O) groups is 1. The maximum atomic E-state index is 13.8. The normalized spacial score (nSPS) is 16.1. The van der Waals surface area contributed by atoms with Gasteiger partial charge in [0, 0.05) is 11.3 Å². The lowest BCUT2D eigenvalue weighted by atomic mass is 9.96. The summed E-state index contributed by atoms with van der Waals surface area (Å²) >= 11 is 2.78. The summed E-state index contributed by atoms with van der Waals surface area (Å²) in [5.41, 5.74) is 1.65. The number of methoxy groups -OCH3 is 1. The lowest BCUT2D eigenvalue weighted by Gasteiger charge is -2.26. The summed E-state index contributed by atoms with van der Waals surface area (Å²) in [7, 11) is 1.36. The van der Waals surface area contributed by atoms with E-state index < -0.39 is 0 Å². The highest BCUT2D eigenvalue weighted by Crippen LogP contribution is 2.37. The van der Waals surface area contributed by atoms with E-state index in [4.69, 9.17) is 9.47 Å². The lowest BCUT2D eigenvalue weighted by Crippen LogP contribution is -2.28. The number of para-hydroxylation sites is 1. The molecule has 0 fully saturated rings. The van der Waals surface area contributed by atoms with Crippen LogP contribution in [0.3, 0.4) is 0 Å². The Morgan fingerprint density at radius 1 is 1.31 bits per heavy atom. The average Bonchev–Trinajstić information content (AvgIpc) is 3.39. The molecular weight excluding hydrogens is 448 g/mol. The fourth-order valence-corrected chi connectivity index (χ4v) is 6.02. The molecule has 8 nitrogen and oxygen atoms in total. The van der Waals surface area contributed by atoms with Crippen LogP contribution in [-0.4, -0.2) is 44.1 Å². The van der Waals surface area contributed by atoms with Gasteiger partial charge in [-0.2, -0.15) is 0 Å². The average molecular weight is 471 g/mol. The van der Waals surface area contributed by atoms with Crippen molar-refractivity contribution >= 4 is 45.1 Å². The number of hydrogen-bond acceptors (Lipinski definition) is 8.